The van der Waals surface area contributed by atoms with Crippen molar-refractivity contribution in [2.45, 2.75) is 6.92 Å². The fourth-order valence-electron chi connectivity index (χ4n) is 1.97. The van der Waals surface area contributed by atoms with E-state index in [-0.39, 0.29) is 5.78 Å². The van der Waals surface area contributed by atoms with Crippen LogP contribution in [0.15, 0.2) is 41.9 Å². The van der Waals surface area contributed by atoms with Gasteiger partial charge < -0.3 is 0 Å². The van der Waals surface area contributed by atoms with E-state index in [4.69, 9.17) is 0 Å². The molecule has 94 valence electrons. The predicted octanol–water partition coefficient (Wildman–Crippen LogP) is 3.97. The van der Waals surface area contributed by atoms with Gasteiger partial charge >= 0.3 is 0 Å². The Morgan fingerprint density at radius 2 is 2.11 bits per heavy atom. The molecular formula is C15H10FNOS. The Kier molecular flexibility index (Phi) is 2.87. The Labute approximate surface area is 113 Å². The molecule has 0 aliphatic rings. The van der Waals surface area contributed by atoms with Gasteiger partial charge in [0, 0.05) is 17.3 Å². The van der Waals surface area contributed by atoms with Crippen molar-refractivity contribution in [3.8, 4) is 0 Å². The number of benzene rings is 1. The first-order chi connectivity index (χ1) is 9.15. The normalized spacial score (nSPS) is 10.8. The topological polar surface area (TPSA) is 30.0 Å². The lowest BCUT2D eigenvalue weighted by atomic mass is 10.00. The van der Waals surface area contributed by atoms with Crippen LogP contribution in [0.25, 0.3) is 10.2 Å². The smallest absolute Gasteiger partial charge is 0.194 e. The minimum absolute atomic E-state index is 0.195. The summed E-state index contributed by atoms with van der Waals surface area (Å²) < 4.78 is 14.2. The van der Waals surface area contributed by atoms with Crippen molar-refractivity contribution >= 4 is 27.3 Å². The van der Waals surface area contributed by atoms with Crippen molar-refractivity contribution in [1.29, 1.82) is 0 Å². The predicted molar refractivity (Wildman–Crippen MR) is 74.2 cm³/mol. The Bertz CT molecular complexity index is 779. The fraction of sp³-hybridized carbons (Fsp3) is 0.0667. The maximum absolute atomic E-state index is 13.3. The average Bonchev–Trinajstić information content (AvgIpc) is 2.88. The number of thiophene rings is 1. The molecule has 2 heterocycles. The van der Waals surface area contributed by atoms with E-state index < -0.39 is 5.82 Å². The summed E-state index contributed by atoms with van der Waals surface area (Å²) in [6, 6.07) is 7.95. The maximum Gasteiger partial charge on any atom is 0.194 e. The zero-order chi connectivity index (χ0) is 13.4. The van der Waals surface area contributed by atoms with Crippen molar-refractivity contribution in [2.24, 2.45) is 0 Å². The van der Waals surface area contributed by atoms with Crippen LogP contribution in [0, 0.1) is 12.7 Å². The number of pyridine rings is 1. The summed E-state index contributed by atoms with van der Waals surface area (Å²) in [7, 11) is 0. The van der Waals surface area contributed by atoms with Crippen LogP contribution in [-0.2, 0) is 0 Å². The number of ketones is 1. The van der Waals surface area contributed by atoms with Gasteiger partial charge in [0.25, 0.3) is 0 Å². The van der Waals surface area contributed by atoms with E-state index in [0.29, 0.717) is 11.1 Å². The average molecular weight is 271 g/mol. The van der Waals surface area contributed by atoms with E-state index in [0.717, 1.165) is 15.8 Å². The summed E-state index contributed by atoms with van der Waals surface area (Å²) in [6.45, 7) is 1.80. The van der Waals surface area contributed by atoms with Crippen LogP contribution < -0.4 is 0 Å². The maximum atomic E-state index is 13.3. The lowest BCUT2D eigenvalue weighted by Gasteiger charge is -2.05. The summed E-state index contributed by atoms with van der Waals surface area (Å²) in [5, 5.41) is 1.93. The van der Waals surface area contributed by atoms with Gasteiger partial charge in [-0.2, -0.15) is 0 Å². The Morgan fingerprint density at radius 3 is 2.95 bits per heavy atom. The highest BCUT2D eigenvalue weighted by atomic mass is 32.1. The second-order valence-corrected chi connectivity index (χ2v) is 5.26. The van der Waals surface area contributed by atoms with Crippen LogP contribution in [-0.4, -0.2) is 10.8 Å². The van der Waals surface area contributed by atoms with Gasteiger partial charge in [-0.25, -0.2) is 4.39 Å². The van der Waals surface area contributed by atoms with Crippen molar-refractivity contribution in [1.82, 2.24) is 4.98 Å². The Morgan fingerprint density at radius 1 is 1.26 bits per heavy atom. The number of aryl methyl sites for hydroxylation is 1. The Balaban J connectivity index is 2.09. The number of rotatable bonds is 2. The third-order valence-corrected chi connectivity index (χ3v) is 3.86. The monoisotopic (exact) mass is 271 g/mol. The second-order valence-electron chi connectivity index (χ2n) is 4.32. The molecule has 2 aromatic heterocycles. The summed E-state index contributed by atoms with van der Waals surface area (Å²) >= 11 is 1.53. The molecule has 0 radical (unpaired) electrons. The molecule has 0 N–H and O–H groups in total. The molecule has 0 saturated carbocycles. The highest BCUT2D eigenvalue weighted by molar-refractivity contribution is 7.17. The Hall–Kier alpha value is -2.07. The van der Waals surface area contributed by atoms with Gasteiger partial charge in [-0.05, 0) is 42.1 Å². The highest BCUT2D eigenvalue weighted by Crippen LogP contribution is 2.22. The van der Waals surface area contributed by atoms with E-state index >= 15 is 0 Å². The second kappa shape index (κ2) is 4.55. The zero-order valence-electron chi connectivity index (χ0n) is 10.2. The lowest BCUT2D eigenvalue weighted by Crippen LogP contribution is -2.04. The van der Waals surface area contributed by atoms with Crippen LogP contribution >= 0.6 is 11.3 Å². The molecule has 3 rings (SSSR count). The van der Waals surface area contributed by atoms with Crippen LogP contribution in [0.4, 0.5) is 4.39 Å². The third kappa shape index (κ3) is 2.15. The van der Waals surface area contributed by atoms with Crippen molar-refractivity contribution in [3.05, 3.63) is 64.4 Å². The molecule has 0 atom stereocenters. The summed E-state index contributed by atoms with van der Waals surface area (Å²) in [5.41, 5.74) is 2.51. The molecular weight excluding hydrogens is 261 g/mol. The zero-order valence-corrected chi connectivity index (χ0v) is 11.0. The molecule has 0 spiro atoms. The molecule has 19 heavy (non-hydrogen) atoms. The number of aromatic nitrogens is 1. The fourth-order valence-corrected chi connectivity index (χ4v) is 2.75. The SMILES string of the molecule is Cc1ccc(F)cc1C(=O)c1cnc2ccsc2c1. The number of fused-ring (bicyclic) bond motifs is 1. The summed E-state index contributed by atoms with van der Waals surface area (Å²) in [4.78, 5) is 16.6. The van der Waals surface area contributed by atoms with Crippen LogP contribution in [0.5, 0.6) is 0 Å². The van der Waals surface area contributed by atoms with Crippen LogP contribution in [0.3, 0.4) is 0 Å². The third-order valence-electron chi connectivity index (χ3n) is 3.01. The summed E-state index contributed by atoms with van der Waals surface area (Å²) in [6.07, 6.45) is 1.54. The molecule has 0 aliphatic carbocycles. The first-order valence-corrected chi connectivity index (χ1v) is 6.67. The lowest BCUT2D eigenvalue weighted by molar-refractivity contribution is 0.103. The molecule has 0 fully saturated rings. The van der Waals surface area contributed by atoms with Crippen molar-refractivity contribution in [3.63, 3.8) is 0 Å². The van der Waals surface area contributed by atoms with E-state index in [9.17, 15) is 9.18 Å². The minimum Gasteiger partial charge on any atom is -0.289 e. The largest absolute Gasteiger partial charge is 0.289 e. The molecule has 1 aromatic carbocycles. The summed E-state index contributed by atoms with van der Waals surface area (Å²) in [5.74, 6) is -0.598. The first-order valence-electron chi connectivity index (χ1n) is 5.79. The number of carbonyl (C=O) groups excluding carboxylic acids is 1. The molecule has 0 saturated heterocycles. The standard InChI is InChI=1S/C15H10FNOS/c1-9-2-3-11(16)7-12(9)15(18)10-6-14-13(17-8-10)4-5-19-14/h2-8H,1H3. The van der Waals surface area contributed by atoms with E-state index in [2.05, 4.69) is 4.98 Å². The molecule has 2 nitrogen and oxygen atoms in total. The van der Waals surface area contributed by atoms with Gasteiger partial charge in [-0.15, -0.1) is 11.3 Å². The van der Waals surface area contributed by atoms with Gasteiger partial charge in [0.2, 0.25) is 0 Å². The number of hydrogen-bond donors (Lipinski definition) is 0. The van der Waals surface area contributed by atoms with E-state index in [1.165, 1.54) is 23.5 Å². The van der Waals surface area contributed by atoms with Gasteiger partial charge in [-0.1, -0.05) is 6.07 Å². The number of nitrogens with zero attached hydrogens (tertiary/aromatic N) is 1. The van der Waals surface area contributed by atoms with Gasteiger partial charge in [0.05, 0.1) is 10.2 Å². The van der Waals surface area contributed by atoms with Crippen molar-refractivity contribution in [2.75, 3.05) is 0 Å². The molecule has 0 bridgehead atoms. The van der Waals surface area contributed by atoms with Gasteiger partial charge in [-0.3, -0.25) is 9.78 Å². The quantitative estimate of drug-likeness (QED) is 0.660. The number of hydrogen-bond acceptors (Lipinski definition) is 3. The highest BCUT2D eigenvalue weighted by Gasteiger charge is 2.14. The number of halogens is 1. The molecule has 0 unspecified atom stereocenters. The first kappa shape index (κ1) is 12.0. The van der Waals surface area contributed by atoms with Gasteiger partial charge in [0.1, 0.15) is 5.82 Å². The van der Waals surface area contributed by atoms with Crippen LogP contribution in [0.2, 0.25) is 0 Å². The molecule has 4 heteroatoms. The van der Waals surface area contributed by atoms with E-state index in [1.54, 1.807) is 25.3 Å². The molecule has 3 aromatic rings. The molecule has 0 amide bonds. The van der Waals surface area contributed by atoms with E-state index in [1.807, 2.05) is 11.4 Å². The number of carbonyl (C=O) groups is 1. The van der Waals surface area contributed by atoms with Gasteiger partial charge in [0.15, 0.2) is 5.78 Å². The van der Waals surface area contributed by atoms with Crippen LogP contribution in [0.1, 0.15) is 21.5 Å². The van der Waals surface area contributed by atoms with Crippen molar-refractivity contribution < 1.29 is 9.18 Å². The minimum atomic E-state index is -0.404. The molecule has 0 aliphatic heterocycles.